The monoisotopic (exact) mass is 157 g/mol. The van der Waals surface area contributed by atoms with Crippen molar-refractivity contribution in [2.24, 2.45) is 5.18 Å². The Kier molecular flexibility index (Phi) is 2.28. The first-order valence-electron chi connectivity index (χ1n) is 2.58. The molecular weight excluding hydrogens is 154 g/mol. The Morgan fingerprint density at radius 3 is 3.10 bits per heavy atom. The number of nitrogens with zero attached hydrogens (tertiary/aromatic N) is 3. The molecule has 4 nitrogen and oxygen atoms in total. The third-order valence-corrected chi connectivity index (χ3v) is 1.27. The van der Waals surface area contributed by atoms with Crippen molar-refractivity contribution < 1.29 is 0 Å². The number of halogens is 1. The molecule has 1 aromatic rings. The summed E-state index contributed by atoms with van der Waals surface area (Å²) in [6, 6.07) is 0. The molecule has 0 fully saturated rings. The standard InChI is InChI=1S/C5H4ClN3O/c6-4-1-7-3-8-5(4)2-9-10/h1,3H,2H2. The number of hydrogen-bond donors (Lipinski definition) is 0. The lowest BCUT2D eigenvalue weighted by Crippen LogP contribution is -1.88. The molecular formula is C5H4ClN3O. The van der Waals surface area contributed by atoms with E-state index in [0.29, 0.717) is 10.7 Å². The molecule has 0 aromatic carbocycles. The van der Waals surface area contributed by atoms with Gasteiger partial charge in [0.05, 0.1) is 10.7 Å². The van der Waals surface area contributed by atoms with Gasteiger partial charge in [-0.05, 0) is 0 Å². The maximum Gasteiger partial charge on any atom is 0.125 e. The minimum absolute atomic E-state index is 0.00134. The topological polar surface area (TPSA) is 55.2 Å². The van der Waals surface area contributed by atoms with Gasteiger partial charge in [-0.3, -0.25) is 0 Å². The van der Waals surface area contributed by atoms with Crippen LogP contribution in [0, 0.1) is 4.91 Å². The van der Waals surface area contributed by atoms with Crippen LogP contribution in [-0.2, 0) is 6.54 Å². The fourth-order valence-electron chi connectivity index (χ4n) is 0.515. The summed E-state index contributed by atoms with van der Waals surface area (Å²) in [6.45, 7) is 0.00134. The van der Waals surface area contributed by atoms with Gasteiger partial charge in [-0.2, -0.15) is 4.91 Å². The molecule has 1 rings (SSSR count). The first-order valence-corrected chi connectivity index (χ1v) is 2.96. The summed E-state index contributed by atoms with van der Waals surface area (Å²) >= 11 is 5.58. The van der Waals surface area contributed by atoms with Crippen molar-refractivity contribution in [2.75, 3.05) is 0 Å². The molecule has 0 saturated carbocycles. The SMILES string of the molecule is O=NCc1ncncc1Cl. The Morgan fingerprint density at radius 1 is 1.70 bits per heavy atom. The molecule has 0 aliphatic carbocycles. The van der Waals surface area contributed by atoms with E-state index < -0.39 is 0 Å². The molecule has 0 atom stereocenters. The minimum Gasteiger partial charge on any atom is -0.243 e. The van der Waals surface area contributed by atoms with Gasteiger partial charge in [-0.15, -0.1) is 0 Å². The van der Waals surface area contributed by atoms with Crippen LogP contribution in [0.1, 0.15) is 5.69 Å². The molecule has 0 radical (unpaired) electrons. The Morgan fingerprint density at radius 2 is 2.50 bits per heavy atom. The molecule has 1 aromatic heterocycles. The first kappa shape index (κ1) is 7.08. The zero-order valence-corrected chi connectivity index (χ0v) is 5.75. The predicted molar refractivity (Wildman–Crippen MR) is 36.5 cm³/mol. The molecule has 0 bridgehead atoms. The zero-order valence-electron chi connectivity index (χ0n) is 4.99. The van der Waals surface area contributed by atoms with Crippen LogP contribution in [0.5, 0.6) is 0 Å². The average Bonchev–Trinajstić information content (AvgIpc) is 1.94. The fourth-order valence-corrected chi connectivity index (χ4v) is 0.680. The molecule has 1 heterocycles. The third kappa shape index (κ3) is 1.48. The van der Waals surface area contributed by atoms with Crippen molar-refractivity contribution in [3.8, 4) is 0 Å². The molecule has 0 aliphatic rings. The summed E-state index contributed by atoms with van der Waals surface area (Å²) in [7, 11) is 0. The van der Waals surface area contributed by atoms with Gasteiger partial charge in [-0.1, -0.05) is 16.8 Å². The first-order chi connectivity index (χ1) is 4.84. The summed E-state index contributed by atoms with van der Waals surface area (Å²) in [5.74, 6) is 0. The number of nitroso groups, excluding NO2 is 1. The molecule has 0 N–H and O–H groups in total. The zero-order chi connectivity index (χ0) is 7.40. The quantitative estimate of drug-likeness (QED) is 0.610. The minimum atomic E-state index is 0.00134. The Balaban J connectivity index is 2.91. The number of rotatable bonds is 2. The van der Waals surface area contributed by atoms with E-state index in [9.17, 15) is 4.91 Å². The summed E-state index contributed by atoms with van der Waals surface area (Å²) in [6.07, 6.45) is 2.75. The second-order valence-corrected chi connectivity index (χ2v) is 2.01. The van der Waals surface area contributed by atoms with Crippen molar-refractivity contribution in [1.82, 2.24) is 9.97 Å². The molecule has 10 heavy (non-hydrogen) atoms. The van der Waals surface area contributed by atoms with E-state index in [1.54, 1.807) is 0 Å². The summed E-state index contributed by atoms with van der Waals surface area (Å²) in [5.41, 5.74) is 0.465. The van der Waals surface area contributed by atoms with Crippen molar-refractivity contribution in [3.63, 3.8) is 0 Å². The van der Waals surface area contributed by atoms with E-state index in [2.05, 4.69) is 15.1 Å². The van der Waals surface area contributed by atoms with Crippen LogP contribution in [-0.4, -0.2) is 9.97 Å². The summed E-state index contributed by atoms with van der Waals surface area (Å²) in [4.78, 5) is 17.1. The van der Waals surface area contributed by atoms with Gasteiger partial charge in [0.2, 0.25) is 0 Å². The smallest absolute Gasteiger partial charge is 0.125 e. The Labute approximate surface area is 62.2 Å². The lowest BCUT2D eigenvalue weighted by Gasteiger charge is -1.93. The van der Waals surface area contributed by atoms with E-state index in [1.165, 1.54) is 12.5 Å². The van der Waals surface area contributed by atoms with Crippen LogP contribution >= 0.6 is 11.6 Å². The van der Waals surface area contributed by atoms with Gasteiger partial charge in [-0.25, -0.2) is 9.97 Å². The van der Waals surface area contributed by atoms with E-state index in [0.717, 1.165) is 0 Å². The van der Waals surface area contributed by atoms with Crippen LogP contribution in [0.3, 0.4) is 0 Å². The second-order valence-electron chi connectivity index (χ2n) is 1.60. The van der Waals surface area contributed by atoms with Gasteiger partial charge in [0.1, 0.15) is 12.9 Å². The Hall–Kier alpha value is -1.03. The Bertz CT molecular complexity index is 240. The maximum absolute atomic E-state index is 9.76. The molecule has 0 saturated heterocycles. The van der Waals surface area contributed by atoms with Crippen LogP contribution in [0.4, 0.5) is 0 Å². The summed E-state index contributed by atoms with van der Waals surface area (Å²) in [5, 5.41) is 3.02. The normalized spacial score (nSPS) is 9.30. The highest BCUT2D eigenvalue weighted by Gasteiger charge is 1.98. The van der Waals surface area contributed by atoms with Crippen LogP contribution in [0.25, 0.3) is 0 Å². The number of hydrogen-bond acceptors (Lipinski definition) is 4. The summed E-state index contributed by atoms with van der Waals surface area (Å²) < 4.78 is 0. The predicted octanol–water partition coefficient (Wildman–Crippen LogP) is 1.40. The highest BCUT2D eigenvalue weighted by molar-refractivity contribution is 6.31. The van der Waals surface area contributed by atoms with Crippen LogP contribution in [0.15, 0.2) is 17.7 Å². The third-order valence-electron chi connectivity index (χ3n) is 0.958. The van der Waals surface area contributed by atoms with Crippen molar-refractivity contribution in [3.05, 3.63) is 28.1 Å². The van der Waals surface area contributed by atoms with E-state index in [1.807, 2.05) is 0 Å². The van der Waals surface area contributed by atoms with E-state index >= 15 is 0 Å². The van der Waals surface area contributed by atoms with E-state index in [-0.39, 0.29) is 6.54 Å². The highest BCUT2D eigenvalue weighted by Crippen LogP contribution is 2.10. The fraction of sp³-hybridized carbons (Fsp3) is 0.200. The molecule has 5 heteroatoms. The van der Waals surface area contributed by atoms with Gasteiger partial charge in [0.25, 0.3) is 0 Å². The lowest BCUT2D eigenvalue weighted by molar-refractivity contribution is 0.956. The van der Waals surface area contributed by atoms with Crippen LogP contribution in [0.2, 0.25) is 5.02 Å². The molecule has 0 aliphatic heterocycles. The largest absolute Gasteiger partial charge is 0.243 e. The highest BCUT2D eigenvalue weighted by atomic mass is 35.5. The van der Waals surface area contributed by atoms with Gasteiger partial charge in [0, 0.05) is 6.20 Å². The molecule has 0 unspecified atom stereocenters. The average molecular weight is 158 g/mol. The van der Waals surface area contributed by atoms with Crippen molar-refractivity contribution >= 4 is 11.6 Å². The molecule has 0 amide bonds. The van der Waals surface area contributed by atoms with Crippen molar-refractivity contribution in [2.45, 2.75) is 6.54 Å². The molecule has 0 spiro atoms. The number of aromatic nitrogens is 2. The van der Waals surface area contributed by atoms with Crippen molar-refractivity contribution in [1.29, 1.82) is 0 Å². The van der Waals surface area contributed by atoms with Gasteiger partial charge >= 0.3 is 0 Å². The molecule has 52 valence electrons. The second kappa shape index (κ2) is 3.22. The van der Waals surface area contributed by atoms with Gasteiger partial charge < -0.3 is 0 Å². The van der Waals surface area contributed by atoms with E-state index in [4.69, 9.17) is 11.6 Å². The van der Waals surface area contributed by atoms with Gasteiger partial charge in [0.15, 0.2) is 0 Å². The lowest BCUT2D eigenvalue weighted by atomic mass is 10.4. The maximum atomic E-state index is 9.76. The van der Waals surface area contributed by atoms with Crippen LogP contribution < -0.4 is 0 Å².